The number of urea groups is 1. The van der Waals surface area contributed by atoms with Crippen molar-refractivity contribution in [2.45, 2.75) is 13.0 Å². The van der Waals surface area contributed by atoms with Crippen molar-refractivity contribution in [1.29, 1.82) is 0 Å². The van der Waals surface area contributed by atoms with E-state index in [-0.39, 0.29) is 18.6 Å². The summed E-state index contributed by atoms with van der Waals surface area (Å²) in [5.41, 5.74) is 2.20. The molecule has 6 nitrogen and oxygen atoms in total. The van der Waals surface area contributed by atoms with E-state index in [1.165, 1.54) is 0 Å². The number of fused-ring (bicyclic) bond motifs is 1. The molecule has 4 rings (SSSR count). The average Bonchev–Trinajstić information content (AvgIpc) is 3.09. The van der Waals surface area contributed by atoms with Gasteiger partial charge in [-0.05, 0) is 48.9 Å². The van der Waals surface area contributed by atoms with Crippen LogP contribution in [-0.2, 0) is 0 Å². The van der Waals surface area contributed by atoms with E-state index in [0.29, 0.717) is 33.4 Å². The van der Waals surface area contributed by atoms with E-state index in [4.69, 9.17) is 21.1 Å². The van der Waals surface area contributed by atoms with Gasteiger partial charge in [0.1, 0.15) is 0 Å². The second-order valence-electron chi connectivity index (χ2n) is 6.02. The quantitative estimate of drug-likeness (QED) is 0.810. The zero-order valence-corrected chi connectivity index (χ0v) is 14.6. The summed E-state index contributed by atoms with van der Waals surface area (Å²) in [6.07, 6.45) is 0. The maximum Gasteiger partial charge on any atom is 0.319 e. The highest BCUT2D eigenvalue weighted by atomic mass is 35.5. The maximum atomic E-state index is 13.1. The van der Waals surface area contributed by atoms with Crippen molar-refractivity contribution in [3.8, 4) is 11.5 Å². The molecular formula is C19H15ClN2O4. The first-order chi connectivity index (χ1) is 12.5. The summed E-state index contributed by atoms with van der Waals surface area (Å²) in [5.74, 6) is 1.04. The minimum Gasteiger partial charge on any atom is -0.454 e. The largest absolute Gasteiger partial charge is 0.454 e. The van der Waals surface area contributed by atoms with E-state index in [0.717, 1.165) is 5.56 Å². The second kappa shape index (κ2) is 6.38. The molecule has 0 bridgehead atoms. The summed E-state index contributed by atoms with van der Waals surface area (Å²) in [4.78, 5) is 25.1. The van der Waals surface area contributed by atoms with Gasteiger partial charge < -0.3 is 20.1 Å². The van der Waals surface area contributed by atoms with Crippen molar-refractivity contribution < 1.29 is 19.1 Å². The van der Waals surface area contributed by atoms with Gasteiger partial charge in [0.05, 0.1) is 6.04 Å². The molecule has 2 aromatic carbocycles. The third kappa shape index (κ3) is 2.88. The lowest BCUT2D eigenvalue weighted by Crippen LogP contribution is -2.45. The Labute approximate surface area is 154 Å². The van der Waals surface area contributed by atoms with Crippen LogP contribution in [0.4, 0.5) is 4.79 Å². The van der Waals surface area contributed by atoms with Gasteiger partial charge in [-0.1, -0.05) is 17.7 Å². The van der Waals surface area contributed by atoms with Crippen molar-refractivity contribution in [1.82, 2.24) is 10.6 Å². The number of ketones is 1. The Kier molecular flexibility index (Phi) is 4.05. The van der Waals surface area contributed by atoms with Gasteiger partial charge in [-0.25, -0.2) is 4.79 Å². The Morgan fingerprint density at radius 3 is 2.62 bits per heavy atom. The first-order valence-electron chi connectivity index (χ1n) is 8.01. The number of allylic oxidation sites excluding steroid dienone is 1. The van der Waals surface area contributed by atoms with E-state index in [9.17, 15) is 9.59 Å². The molecule has 0 fully saturated rings. The van der Waals surface area contributed by atoms with Gasteiger partial charge in [-0.3, -0.25) is 4.79 Å². The Morgan fingerprint density at radius 2 is 1.85 bits per heavy atom. The summed E-state index contributed by atoms with van der Waals surface area (Å²) in [7, 11) is 0. The van der Waals surface area contributed by atoms with Gasteiger partial charge in [0.25, 0.3) is 0 Å². The molecule has 26 heavy (non-hydrogen) atoms. The molecule has 0 saturated carbocycles. The fourth-order valence-electron chi connectivity index (χ4n) is 3.09. The Morgan fingerprint density at radius 1 is 1.12 bits per heavy atom. The normalized spacial score (nSPS) is 18.4. The third-order valence-corrected chi connectivity index (χ3v) is 4.60. The first kappa shape index (κ1) is 16.5. The fraction of sp³-hybridized carbons (Fsp3) is 0.158. The highest BCUT2D eigenvalue weighted by Crippen LogP contribution is 2.37. The van der Waals surface area contributed by atoms with Crippen LogP contribution in [0.25, 0.3) is 0 Å². The molecule has 0 unspecified atom stereocenters. The molecule has 0 aliphatic carbocycles. The number of carbonyl (C=O) groups is 2. The number of hydrogen-bond acceptors (Lipinski definition) is 4. The summed E-state index contributed by atoms with van der Waals surface area (Å²) >= 11 is 5.91. The SMILES string of the molecule is CC1=C(C(=O)c2ccc(Cl)cc2)[C@@H](c2ccc3c(c2)OCO3)NC(=O)N1. The minimum absolute atomic E-state index is 0.156. The third-order valence-electron chi connectivity index (χ3n) is 4.35. The van der Waals surface area contributed by atoms with Crippen molar-refractivity contribution in [3.63, 3.8) is 0 Å². The summed E-state index contributed by atoms with van der Waals surface area (Å²) in [5, 5.41) is 6.04. The Hall–Kier alpha value is -2.99. The number of nitrogens with one attached hydrogen (secondary N) is 2. The van der Waals surface area contributed by atoms with Crippen molar-refractivity contribution in [2.75, 3.05) is 6.79 Å². The molecule has 132 valence electrons. The second-order valence-corrected chi connectivity index (χ2v) is 6.46. The molecule has 2 aromatic rings. The highest BCUT2D eigenvalue weighted by molar-refractivity contribution is 6.30. The Bertz CT molecular complexity index is 937. The zero-order chi connectivity index (χ0) is 18.3. The van der Waals surface area contributed by atoms with E-state index in [2.05, 4.69) is 10.6 Å². The molecule has 0 spiro atoms. The number of halogens is 1. The number of hydrogen-bond donors (Lipinski definition) is 2. The molecule has 1 atom stereocenters. The molecule has 0 radical (unpaired) electrons. The van der Waals surface area contributed by atoms with Gasteiger partial charge in [0, 0.05) is 21.9 Å². The van der Waals surface area contributed by atoms with Gasteiger partial charge in [0.2, 0.25) is 6.79 Å². The first-order valence-corrected chi connectivity index (χ1v) is 8.39. The van der Waals surface area contributed by atoms with Gasteiger partial charge in [-0.2, -0.15) is 0 Å². The van der Waals surface area contributed by atoms with Crippen LogP contribution < -0.4 is 20.1 Å². The predicted octanol–water partition coefficient (Wildman–Crippen LogP) is 3.58. The molecule has 2 amide bonds. The number of amides is 2. The van der Waals surface area contributed by atoms with E-state index in [1.807, 2.05) is 6.07 Å². The molecule has 2 aliphatic heterocycles. The zero-order valence-electron chi connectivity index (χ0n) is 13.8. The van der Waals surface area contributed by atoms with Crippen molar-refractivity contribution in [3.05, 3.63) is 69.9 Å². The molecule has 2 aliphatic rings. The highest BCUT2D eigenvalue weighted by Gasteiger charge is 2.32. The van der Waals surface area contributed by atoms with Crippen LogP contribution in [0.5, 0.6) is 11.5 Å². The van der Waals surface area contributed by atoms with E-state index in [1.54, 1.807) is 43.3 Å². The van der Waals surface area contributed by atoms with Crippen molar-refractivity contribution >= 4 is 23.4 Å². The lowest BCUT2D eigenvalue weighted by atomic mass is 9.89. The van der Waals surface area contributed by atoms with Gasteiger partial charge in [0.15, 0.2) is 17.3 Å². The lowest BCUT2D eigenvalue weighted by molar-refractivity contribution is 0.102. The van der Waals surface area contributed by atoms with Crippen LogP contribution in [0.3, 0.4) is 0 Å². The van der Waals surface area contributed by atoms with E-state index < -0.39 is 6.04 Å². The van der Waals surface area contributed by atoms with Crippen LogP contribution in [0.15, 0.2) is 53.7 Å². The predicted molar refractivity (Wildman–Crippen MR) is 95.5 cm³/mol. The molecule has 2 N–H and O–H groups in total. The molecule has 0 aromatic heterocycles. The van der Waals surface area contributed by atoms with Crippen LogP contribution in [0.1, 0.15) is 28.9 Å². The minimum atomic E-state index is -0.596. The topological polar surface area (TPSA) is 76.7 Å². The number of benzene rings is 2. The van der Waals surface area contributed by atoms with Crippen LogP contribution in [0.2, 0.25) is 5.02 Å². The molecule has 0 saturated heterocycles. The standard InChI is InChI=1S/C19H15ClN2O4/c1-10-16(18(23)11-2-5-13(20)6-3-11)17(22-19(24)21-10)12-4-7-14-15(8-12)26-9-25-14/h2-8,17H,9H2,1H3,(H2,21,22,24)/t17-/m1/s1. The lowest BCUT2D eigenvalue weighted by Gasteiger charge is -2.28. The van der Waals surface area contributed by atoms with E-state index >= 15 is 0 Å². The van der Waals surface area contributed by atoms with Gasteiger partial charge in [-0.15, -0.1) is 0 Å². The number of ether oxygens (including phenoxy) is 2. The maximum absolute atomic E-state index is 13.1. The average molecular weight is 371 g/mol. The van der Waals surface area contributed by atoms with Crippen LogP contribution in [0, 0.1) is 0 Å². The van der Waals surface area contributed by atoms with Crippen LogP contribution >= 0.6 is 11.6 Å². The Balaban J connectivity index is 1.76. The number of carbonyl (C=O) groups excluding carboxylic acids is 2. The van der Waals surface area contributed by atoms with Crippen molar-refractivity contribution in [2.24, 2.45) is 0 Å². The molecular weight excluding hydrogens is 356 g/mol. The summed E-state index contributed by atoms with van der Waals surface area (Å²) < 4.78 is 10.7. The number of Topliss-reactive ketones (excluding diaryl/α,β-unsaturated/α-hetero) is 1. The molecule has 2 heterocycles. The van der Waals surface area contributed by atoms with Gasteiger partial charge >= 0.3 is 6.03 Å². The molecule has 7 heteroatoms. The summed E-state index contributed by atoms with van der Waals surface area (Å²) in [6, 6.07) is 11.1. The fourth-order valence-corrected chi connectivity index (χ4v) is 3.22. The monoisotopic (exact) mass is 370 g/mol. The number of rotatable bonds is 3. The summed E-state index contributed by atoms with van der Waals surface area (Å²) in [6.45, 7) is 1.87. The smallest absolute Gasteiger partial charge is 0.319 e. The van der Waals surface area contributed by atoms with Crippen LogP contribution in [-0.4, -0.2) is 18.6 Å².